The molecule has 0 bridgehead atoms. The average Bonchev–Trinajstić information content (AvgIpc) is 2.40. The molecule has 0 aliphatic carbocycles. The summed E-state index contributed by atoms with van der Waals surface area (Å²) in [6.07, 6.45) is 7.78. The first-order valence-corrected chi connectivity index (χ1v) is 6.98. The molecule has 19 heavy (non-hydrogen) atoms. The van der Waals surface area contributed by atoms with Gasteiger partial charge in [0.15, 0.2) is 0 Å². The molecule has 0 aliphatic heterocycles. The summed E-state index contributed by atoms with van der Waals surface area (Å²) in [5.74, 6) is 0.794. The maximum absolute atomic E-state index is 4.95. The molecule has 0 spiro atoms. The van der Waals surface area contributed by atoms with Crippen molar-refractivity contribution in [3.8, 4) is 0 Å². The number of hydrogen-bond acceptors (Lipinski definition) is 4. The minimum absolute atomic E-state index is 0.794. The molecule has 0 fully saturated rings. The van der Waals surface area contributed by atoms with Gasteiger partial charge in [0.1, 0.15) is 0 Å². The minimum Gasteiger partial charge on any atom is -0.318 e. The van der Waals surface area contributed by atoms with Gasteiger partial charge in [0.25, 0.3) is 0 Å². The highest BCUT2D eigenvalue weighted by atomic mass is 32.2. The molecule has 0 atom stereocenters. The number of nitrogens with zero attached hydrogens (tertiary/aromatic N) is 2. The summed E-state index contributed by atoms with van der Waals surface area (Å²) in [5.41, 5.74) is 5.23. The molecule has 0 N–H and O–H groups in total. The lowest BCUT2D eigenvalue weighted by molar-refractivity contribution is 0.491. The van der Waals surface area contributed by atoms with E-state index in [1.54, 1.807) is 13.2 Å². The lowest BCUT2D eigenvalue weighted by Crippen LogP contribution is -2.01. The zero-order valence-electron chi connectivity index (χ0n) is 11.9. The first kappa shape index (κ1) is 15.7. The molecule has 0 saturated heterocycles. The first-order valence-electron chi connectivity index (χ1n) is 6.07. The Morgan fingerprint density at radius 1 is 1.26 bits per heavy atom. The third kappa shape index (κ3) is 4.33. The smallest absolute Gasteiger partial charge is 0.0961 e. The molecular weight excluding hydrogens is 256 g/mol. The lowest BCUT2D eigenvalue weighted by Gasteiger charge is -2.09. The fourth-order valence-electron chi connectivity index (χ4n) is 1.62. The van der Waals surface area contributed by atoms with Crippen molar-refractivity contribution in [1.82, 2.24) is 10.2 Å². The standard InChI is InChI=1S/C15H20N2OS/c1-6-8-14(9-7-10-19-18-5)15-12(3)11(2)13(4)16-17-15/h6-9H,1,10H2,2-5H3/b9-7-,14-8+. The van der Waals surface area contributed by atoms with Crippen molar-refractivity contribution in [2.45, 2.75) is 20.8 Å². The molecule has 1 rings (SSSR count). The Morgan fingerprint density at radius 2 is 2.00 bits per heavy atom. The molecule has 1 aromatic heterocycles. The molecule has 3 nitrogen and oxygen atoms in total. The number of allylic oxidation sites excluding steroid dienone is 4. The zero-order valence-corrected chi connectivity index (χ0v) is 12.8. The van der Waals surface area contributed by atoms with Crippen LogP contribution >= 0.6 is 12.0 Å². The van der Waals surface area contributed by atoms with Crippen LogP contribution in [-0.2, 0) is 4.18 Å². The van der Waals surface area contributed by atoms with Crippen LogP contribution in [0.4, 0.5) is 0 Å². The van der Waals surface area contributed by atoms with Crippen molar-refractivity contribution in [3.63, 3.8) is 0 Å². The van der Waals surface area contributed by atoms with Gasteiger partial charge in [0, 0.05) is 11.3 Å². The van der Waals surface area contributed by atoms with Gasteiger partial charge in [0.2, 0.25) is 0 Å². The van der Waals surface area contributed by atoms with E-state index in [0.717, 1.165) is 28.3 Å². The second-order valence-electron chi connectivity index (χ2n) is 4.10. The highest BCUT2D eigenvalue weighted by Gasteiger charge is 2.09. The number of rotatable bonds is 6. The average molecular weight is 276 g/mol. The fourth-order valence-corrected chi connectivity index (χ4v) is 1.93. The van der Waals surface area contributed by atoms with Crippen LogP contribution in [0.5, 0.6) is 0 Å². The Balaban J connectivity index is 3.07. The van der Waals surface area contributed by atoms with E-state index in [4.69, 9.17) is 4.18 Å². The highest BCUT2D eigenvalue weighted by molar-refractivity contribution is 7.94. The van der Waals surface area contributed by atoms with Crippen molar-refractivity contribution < 1.29 is 4.18 Å². The van der Waals surface area contributed by atoms with Crippen molar-refractivity contribution in [2.24, 2.45) is 0 Å². The van der Waals surface area contributed by atoms with E-state index in [0.29, 0.717) is 0 Å². The van der Waals surface area contributed by atoms with Gasteiger partial charge in [-0.1, -0.05) is 30.9 Å². The Kier molecular flexibility index (Phi) is 6.53. The molecule has 0 unspecified atom stereocenters. The monoisotopic (exact) mass is 276 g/mol. The third-order valence-electron chi connectivity index (χ3n) is 2.91. The van der Waals surface area contributed by atoms with Crippen molar-refractivity contribution in [1.29, 1.82) is 0 Å². The number of hydrogen-bond donors (Lipinski definition) is 0. The van der Waals surface area contributed by atoms with Crippen LogP contribution < -0.4 is 0 Å². The minimum atomic E-state index is 0.794. The molecule has 0 saturated carbocycles. The zero-order chi connectivity index (χ0) is 14.3. The van der Waals surface area contributed by atoms with E-state index in [-0.39, 0.29) is 0 Å². The van der Waals surface area contributed by atoms with Crippen LogP contribution in [-0.4, -0.2) is 23.1 Å². The summed E-state index contributed by atoms with van der Waals surface area (Å²) in [6, 6.07) is 0. The van der Waals surface area contributed by atoms with Gasteiger partial charge in [-0.05, 0) is 43.9 Å². The van der Waals surface area contributed by atoms with Gasteiger partial charge in [0.05, 0.1) is 18.5 Å². The summed E-state index contributed by atoms with van der Waals surface area (Å²) >= 11 is 1.40. The summed E-state index contributed by atoms with van der Waals surface area (Å²) < 4.78 is 4.95. The summed E-state index contributed by atoms with van der Waals surface area (Å²) in [6.45, 7) is 9.86. The molecular formula is C15H20N2OS. The normalized spacial score (nSPS) is 12.1. The Hall–Kier alpha value is -1.39. The van der Waals surface area contributed by atoms with Crippen molar-refractivity contribution in [3.05, 3.63) is 53.4 Å². The van der Waals surface area contributed by atoms with E-state index >= 15 is 0 Å². The van der Waals surface area contributed by atoms with Gasteiger partial charge < -0.3 is 4.18 Å². The molecule has 0 amide bonds. The highest BCUT2D eigenvalue weighted by Crippen LogP contribution is 2.21. The van der Waals surface area contributed by atoms with E-state index in [1.165, 1.54) is 17.6 Å². The largest absolute Gasteiger partial charge is 0.318 e. The number of aryl methyl sites for hydroxylation is 1. The summed E-state index contributed by atoms with van der Waals surface area (Å²) in [7, 11) is 1.66. The quantitative estimate of drug-likeness (QED) is 0.449. The van der Waals surface area contributed by atoms with Gasteiger partial charge in [-0.2, -0.15) is 5.10 Å². The van der Waals surface area contributed by atoms with Crippen LogP contribution in [0.3, 0.4) is 0 Å². The number of aromatic nitrogens is 2. The second-order valence-corrected chi connectivity index (χ2v) is 5.00. The topological polar surface area (TPSA) is 35.0 Å². The van der Waals surface area contributed by atoms with E-state index < -0.39 is 0 Å². The second kappa shape index (κ2) is 7.92. The van der Waals surface area contributed by atoms with Gasteiger partial charge in [-0.25, -0.2) is 0 Å². The van der Waals surface area contributed by atoms with E-state index in [9.17, 15) is 0 Å². The maximum atomic E-state index is 4.95. The SMILES string of the molecule is C=C/C=C(\C=C/CSOC)c1nnc(C)c(C)c1C. The summed E-state index contributed by atoms with van der Waals surface area (Å²) in [5, 5.41) is 8.50. The molecule has 0 aromatic carbocycles. The molecule has 1 aromatic rings. The van der Waals surface area contributed by atoms with Gasteiger partial charge >= 0.3 is 0 Å². The lowest BCUT2D eigenvalue weighted by atomic mass is 10.0. The maximum Gasteiger partial charge on any atom is 0.0961 e. The van der Waals surface area contributed by atoms with Crippen LogP contribution in [0.1, 0.15) is 22.5 Å². The van der Waals surface area contributed by atoms with Crippen molar-refractivity contribution in [2.75, 3.05) is 12.9 Å². The van der Waals surface area contributed by atoms with Crippen LogP contribution in [0, 0.1) is 20.8 Å². The van der Waals surface area contributed by atoms with Crippen LogP contribution in [0.15, 0.2) is 30.9 Å². The van der Waals surface area contributed by atoms with Gasteiger partial charge in [-0.3, -0.25) is 0 Å². The molecule has 4 heteroatoms. The van der Waals surface area contributed by atoms with Crippen molar-refractivity contribution >= 4 is 17.6 Å². The third-order valence-corrected chi connectivity index (χ3v) is 3.48. The Bertz CT molecular complexity index is 507. The molecule has 1 heterocycles. The molecule has 102 valence electrons. The fraction of sp³-hybridized carbons (Fsp3) is 0.333. The summed E-state index contributed by atoms with van der Waals surface area (Å²) in [4.78, 5) is 0. The van der Waals surface area contributed by atoms with Gasteiger partial charge in [-0.15, -0.1) is 5.10 Å². The van der Waals surface area contributed by atoms with Crippen LogP contribution in [0.25, 0.3) is 5.57 Å². The predicted molar refractivity (Wildman–Crippen MR) is 83.0 cm³/mol. The van der Waals surface area contributed by atoms with E-state index in [2.05, 4.69) is 30.6 Å². The molecule has 0 radical (unpaired) electrons. The van der Waals surface area contributed by atoms with E-state index in [1.807, 2.05) is 25.2 Å². The predicted octanol–water partition coefficient (Wildman–Crippen LogP) is 3.82. The Labute approximate surface area is 119 Å². The molecule has 0 aliphatic rings. The first-order chi connectivity index (χ1) is 9.11. The van der Waals surface area contributed by atoms with Crippen LogP contribution in [0.2, 0.25) is 0 Å². The Morgan fingerprint density at radius 3 is 2.63 bits per heavy atom.